The fourth-order valence-electron chi connectivity index (χ4n) is 2.35. The standard InChI is InChI=1S/C14H25NO5/c1-11(14(17)19-3)9-15(7-6-13(16)18-2)10-12-5-4-8-20-12/h11-12H,4-10H2,1-3H3. The molecule has 0 saturated carbocycles. The molecule has 0 aromatic heterocycles. The minimum absolute atomic E-state index is 0.192. The van der Waals surface area contributed by atoms with Crippen LogP contribution in [-0.2, 0) is 23.8 Å². The first-order chi connectivity index (χ1) is 9.56. The Morgan fingerprint density at radius 1 is 1.35 bits per heavy atom. The largest absolute Gasteiger partial charge is 0.469 e. The van der Waals surface area contributed by atoms with Crippen molar-refractivity contribution in [1.29, 1.82) is 0 Å². The lowest BCUT2D eigenvalue weighted by atomic mass is 10.1. The maximum absolute atomic E-state index is 11.5. The minimum atomic E-state index is -0.243. The van der Waals surface area contributed by atoms with Crippen molar-refractivity contribution < 1.29 is 23.8 Å². The molecule has 0 spiro atoms. The van der Waals surface area contributed by atoms with Crippen molar-refractivity contribution in [2.45, 2.75) is 32.3 Å². The molecule has 1 aliphatic rings. The van der Waals surface area contributed by atoms with E-state index in [1.165, 1.54) is 14.2 Å². The molecule has 1 fully saturated rings. The average molecular weight is 287 g/mol. The van der Waals surface area contributed by atoms with Crippen molar-refractivity contribution in [1.82, 2.24) is 4.90 Å². The van der Waals surface area contributed by atoms with Crippen molar-refractivity contribution in [3.05, 3.63) is 0 Å². The van der Waals surface area contributed by atoms with Crippen LogP contribution in [-0.4, -0.2) is 63.4 Å². The number of hydrogen-bond acceptors (Lipinski definition) is 6. The molecule has 6 heteroatoms. The molecular weight excluding hydrogens is 262 g/mol. The van der Waals surface area contributed by atoms with E-state index in [-0.39, 0.29) is 24.0 Å². The first-order valence-electron chi connectivity index (χ1n) is 7.05. The van der Waals surface area contributed by atoms with Gasteiger partial charge in [0.15, 0.2) is 0 Å². The van der Waals surface area contributed by atoms with E-state index in [4.69, 9.17) is 9.47 Å². The zero-order valence-electron chi connectivity index (χ0n) is 12.6. The summed E-state index contributed by atoms with van der Waals surface area (Å²) in [6, 6.07) is 0. The van der Waals surface area contributed by atoms with Crippen molar-refractivity contribution in [2.75, 3.05) is 40.5 Å². The summed E-state index contributed by atoms with van der Waals surface area (Å²) in [5, 5.41) is 0. The van der Waals surface area contributed by atoms with Crippen molar-refractivity contribution in [3.8, 4) is 0 Å². The van der Waals surface area contributed by atoms with Gasteiger partial charge in [-0.05, 0) is 12.8 Å². The number of ether oxygens (including phenoxy) is 3. The molecule has 1 rings (SSSR count). The summed E-state index contributed by atoms with van der Waals surface area (Å²) >= 11 is 0. The number of esters is 2. The van der Waals surface area contributed by atoms with Gasteiger partial charge in [-0.2, -0.15) is 0 Å². The zero-order chi connectivity index (χ0) is 15.0. The number of hydrogen-bond donors (Lipinski definition) is 0. The molecule has 0 radical (unpaired) electrons. The fraction of sp³-hybridized carbons (Fsp3) is 0.857. The Kier molecular flexibility index (Phi) is 7.54. The summed E-state index contributed by atoms with van der Waals surface area (Å²) in [7, 11) is 2.77. The van der Waals surface area contributed by atoms with Gasteiger partial charge in [-0.3, -0.25) is 14.5 Å². The molecule has 0 aromatic carbocycles. The van der Waals surface area contributed by atoms with Crippen molar-refractivity contribution in [3.63, 3.8) is 0 Å². The topological polar surface area (TPSA) is 65.1 Å². The smallest absolute Gasteiger partial charge is 0.309 e. The second kappa shape index (κ2) is 8.92. The number of nitrogens with zero attached hydrogens (tertiary/aromatic N) is 1. The highest BCUT2D eigenvalue weighted by atomic mass is 16.5. The van der Waals surface area contributed by atoms with Gasteiger partial charge in [0.25, 0.3) is 0 Å². The summed E-state index contributed by atoms with van der Waals surface area (Å²) in [5.74, 6) is -0.701. The van der Waals surface area contributed by atoms with Gasteiger partial charge in [0.2, 0.25) is 0 Å². The maximum Gasteiger partial charge on any atom is 0.309 e. The third kappa shape index (κ3) is 5.88. The Labute approximate surface area is 120 Å². The highest BCUT2D eigenvalue weighted by Crippen LogP contribution is 2.15. The molecule has 0 amide bonds. The van der Waals surface area contributed by atoms with Gasteiger partial charge in [0.05, 0.1) is 32.7 Å². The van der Waals surface area contributed by atoms with Gasteiger partial charge in [-0.15, -0.1) is 0 Å². The van der Waals surface area contributed by atoms with E-state index in [1.807, 2.05) is 6.92 Å². The van der Waals surface area contributed by atoms with Crippen LogP contribution in [0.15, 0.2) is 0 Å². The maximum atomic E-state index is 11.5. The predicted octanol–water partition coefficient (Wildman–Crippen LogP) is 0.840. The van der Waals surface area contributed by atoms with E-state index in [2.05, 4.69) is 9.64 Å². The quantitative estimate of drug-likeness (QED) is 0.616. The first kappa shape index (κ1) is 16.9. The Balaban J connectivity index is 2.48. The summed E-state index contributed by atoms with van der Waals surface area (Å²) in [5.41, 5.74) is 0. The van der Waals surface area contributed by atoms with E-state index in [0.29, 0.717) is 19.5 Å². The highest BCUT2D eigenvalue weighted by Gasteiger charge is 2.23. The van der Waals surface area contributed by atoms with E-state index >= 15 is 0 Å². The van der Waals surface area contributed by atoms with Gasteiger partial charge in [-0.25, -0.2) is 0 Å². The van der Waals surface area contributed by atoms with Crippen LogP contribution in [0.25, 0.3) is 0 Å². The van der Waals surface area contributed by atoms with E-state index in [1.54, 1.807) is 0 Å². The molecule has 0 N–H and O–H groups in total. The molecule has 0 aromatic rings. The third-order valence-electron chi connectivity index (χ3n) is 3.48. The molecule has 116 valence electrons. The van der Waals surface area contributed by atoms with Gasteiger partial charge in [-0.1, -0.05) is 6.92 Å². The molecule has 0 aliphatic carbocycles. The predicted molar refractivity (Wildman–Crippen MR) is 73.2 cm³/mol. The third-order valence-corrected chi connectivity index (χ3v) is 3.48. The molecule has 1 aliphatic heterocycles. The Hall–Kier alpha value is -1.14. The van der Waals surface area contributed by atoms with Gasteiger partial charge < -0.3 is 14.2 Å². The summed E-state index contributed by atoms with van der Waals surface area (Å²) in [4.78, 5) is 24.8. The van der Waals surface area contributed by atoms with Crippen LogP contribution in [0, 0.1) is 5.92 Å². The normalized spacial score (nSPS) is 19.9. The summed E-state index contributed by atoms with van der Waals surface area (Å²) in [6.07, 6.45) is 2.61. The second-order valence-corrected chi connectivity index (χ2v) is 5.14. The van der Waals surface area contributed by atoms with E-state index < -0.39 is 0 Å². The minimum Gasteiger partial charge on any atom is -0.469 e. The van der Waals surface area contributed by atoms with Gasteiger partial charge in [0.1, 0.15) is 0 Å². The monoisotopic (exact) mass is 287 g/mol. The van der Waals surface area contributed by atoms with Crippen LogP contribution in [0.1, 0.15) is 26.2 Å². The van der Waals surface area contributed by atoms with Gasteiger partial charge >= 0.3 is 11.9 Å². The van der Waals surface area contributed by atoms with Crippen molar-refractivity contribution in [2.24, 2.45) is 5.92 Å². The lowest BCUT2D eigenvalue weighted by molar-refractivity contribution is -0.145. The lowest BCUT2D eigenvalue weighted by Gasteiger charge is -2.26. The van der Waals surface area contributed by atoms with Crippen LogP contribution < -0.4 is 0 Å². The van der Waals surface area contributed by atoms with E-state index in [0.717, 1.165) is 26.0 Å². The molecule has 0 bridgehead atoms. The molecular formula is C14H25NO5. The molecule has 6 nitrogen and oxygen atoms in total. The van der Waals surface area contributed by atoms with Gasteiger partial charge in [0, 0.05) is 26.2 Å². The SMILES string of the molecule is COC(=O)CCN(CC1CCCO1)CC(C)C(=O)OC. The highest BCUT2D eigenvalue weighted by molar-refractivity contribution is 5.72. The first-order valence-corrected chi connectivity index (χ1v) is 7.05. The van der Waals surface area contributed by atoms with Crippen LogP contribution >= 0.6 is 0 Å². The number of methoxy groups -OCH3 is 2. The van der Waals surface area contributed by atoms with Crippen LogP contribution in [0.5, 0.6) is 0 Å². The lowest BCUT2D eigenvalue weighted by Crippen LogP contribution is -2.39. The molecule has 2 unspecified atom stereocenters. The molecule has 1 heterocycles. The van der Waals surface area contributed by atoms with Crippen LogP contribution in [0.2, 0.25) is 0 Å². The van der Waals surface area contributed by atoms with Crippen LogP contribution in [0.3, 0.4) is 0 Å². The zero-order valence-corrected chi connectivity index (χ0v) is 12.6. The molecule has 20 heavy (non-hydrogen) atoms. The Bertz CT molecular complexity index is 315. The number of carbonyl (C=O) groups excluding carboxylic acids is 2. The molecule has 2 atom stereocenters. The summed E-state index contributed by atoms with van der Waals surface area (Å²) in [6.45, 7) is 4.48. The van der Waals surface area contributed by atoms with Crippen molar-refractivity contribution >= 4 is 11.9 Å². The number of carbonyl (C=O) groups is 2. The number of rotatable bonds is 8. The Morgan fingerprint density at radius 2 is 2.10 bits per heavy atom. The average Bonchev–Trinajstić information content (AvgIpc) is 2.96. The second-order valence-electron chi connectivity index (χ2n) is 5.14. The summed E-state index contributed by atoms with van der Waals surface area (Å²) < 4.78 is 15.0. The fourth-order valence-corrected chi connectivity index (χ4v) is 2.35. The van der Waals surface area contributed by atoms with Crippen LogP contribution in [0.4, 0.5) is 0 Å². The van der Waals surface area contributed by atoms with E-state index in [9.17, 15) is 9.59 Å². The molecule has 1 saturated heterocycles. The Morgan fingerprint density at radius 3 is 2.65 bits per heavy atom.